The number of nitrogens with zero attached hydrogens (tertiary/aromatic N) is 2. The van der Waals surface area contributed by atoms with Crippen molar-refractivity contribution in [2.24, 2.45) is 0 Å². The molecule has 7 heteroatoms. The van der Waals surface area contributed by atoms with Crippen LogP contribution in [-0.2, 0) is 0 Å². The molecule has 0 spiro atoms. The van der Waals surface area contributed by atoms with Gasteiger partial charge in [0, 0.05) is 10.4 Å². The van der Waals surface area contributed by atoms with Crippen LogP contribution in [-0.4, -0.2) is 16.1 Å². The second-order valence-electron chi connectivity index (χ2n) is 4.30. The lowest BCUT2D eigenvalue weighted by Gasteiger charge is -2.02. The highest BCUT2D eigenvalue weighted by atomic mass is 79.9. The number of carbonyl (C=O) groups is 1. The summed E-state index contributed by atoms with van der Waals surface area (Å²) in [6.45, 7) is 0. The fraction of sp³-hybridized carbons (Fsp3) is 0.250. The highest BCUT2D eigenvalue weighted by molar-refractivity contribution is 9.10. The summed E-state index contributed by atoms with van der Waals surface area (Å²) in [5.74, 6) is -0.404. The summed E-state index contributed by atoms with van der Waals surface area (Å²) in [6, 6.07) is 4.18. The Morgan fingerprint density at radius 3 is 2.89 bits per heavy atom. The maximum absolute atomic E-state index is 13.6. The smallest absolute Gasteiger partial charge is 0.322 e. The molecule has 1 saturated carbocycles. The molecule has 1 fully saturated rings. The predicted molar refractivity (Wildman–Crippen MR) is 68.3 cm³/mol. The van der Waals surface area contributed by atoms with E-state index < -0.39 is 11.7 Å². The second-order valence-corrected chi connectivity index (χ2v) is 5.21. The fourth-order valence-corrected chi connectivity index (χ4v) is 1.95. The van der Waals surface area contributed by atoms with Crippen LogP contribution >= 0.6 is 15.9 Å². The third-order valence-electron chi connectivity index (χ3n) is 2.76. The Morgan fingerprint density at radius 1 is 1.42 bits per heavy atom. The van der Waals surface area contributed by atoms with Crippen LogP contribution in [0.5, 0.6) is 0 Å². The molecule has 1 aromatic heterocycles. The molecule has 1 aliphatic rings. The van der Waals surface area contributed by atoms with Crippen molar-refractivity contribution in [2.45, 2.75) is 18.8 Å². The zero-order valence-electron chi connectivity index (χ0n) is 9.69. The molecule has 0 saturated heterocycles. The molecule has 1 heterocycles. The average Bonchev–Trinajstić information content (AvgIpc) is 3.10. The molecule has 19 heavy (non-hydrogen) atoms. The zero-order valence-corrected chi connectivity index (χ0v) is 11.3. The van der Waals surface area contributed by atoms with Gasteiger partial charge in [-0.05, 0) is 31.0 Å². The highest BCUT2D eigenvalue weighted by Gasteiger charge is 2.29. The van der Waals surface area contributed by atoms with Gasteiger partial charge in [0.1, 0.15) is 5.82 Å². The van der Waals surface area contributed by atoms with E-state index in [1.54, 1.807) is 6.07 Å². The molecule has 2 aromatic rings. The van der Waals surface area contributed by atoms with E-state index in [0.717, 1.165) is 12.8 Å². The number of aromatic nitrogens is 2. The van der Waals surface area contributed by atoms with E-state index in [1.165, 1.54) is 12.1 Å². The van der Waals surface area contributed by atoms with Crippen molar-refractivity contribution < 1.29 is 13.6 Å². The number of hydrogen-bond donors (Lipinski definition) is 1. The molecule has 1 aliphatic carbocycles. The van der Waals surface area contributed by atoms with Crippen molar-refractivity contribution in [2.75, 3.05) is 5.32 Å². The van der Waals surface area contributed by atoms with Crippen molar-refractivity contribution in [1.82, 2.24) is 10.2 Å². The molecule has 0 aliphatic heterocycles. The number of anilines is 1. The van der Waals surface area contributed by atoms with Crippen molar-refractivity contribution in [3.63, 3.8) is 0 Å². The average molecular weight is 326 g/mol. The number of halogens is 2. The maximum atomic E-state index is 13.6. The van der Waals surface area contributed by atoms with Crippen molar-refractivity contribution in [3.8, 4) is 0 Å². The van der Waals surface area contributed by atoms with E-state index in [-0.39, 0.29) is 11.6 Å². The Hall–Kier alpha value is -1.76. The van der Waals surface area contributed by atoms with Crippen LogP contribution < -0.4 is 5.32 Å². The molecule has 0 atom stereocenters. The summed E-state index contributed by atoms with van der Waals surface area (Å²) >= 11 is 3.13. The number of rotatable bonds is 3. The Balaban J connectivity index is 1.76. The van der Waals surface area contributed by atoms with Gasteiger partial charge in [0.05, 0.1) is 5.56 Å². The van der Waals surface area contributed by atoms with Gasteiger partial charge in [-0.2, -0.15) is 0 Å². The summed E-state index contributed by atoms with van der Waals surface area (Å²) in [7, 11) is 0. The van der Waals surface area contributed by atoms with Crippen LogP contribution in [0.4, 0.5) is 10.4 Å². The van der Waals surface area contributed by atoms with Gasteiger partial charge < -0.3 is 4.42 Å². The van der Waals surface area contributed by atoms with Crippen LogP contribution in [0.25, 0.3) is 0 Å². The summed E-state index contributed by atoms with van der Waals surface area (Å²) in [5, 5.41) is 9.93. The second kappa shape index (κ2) is 4.73. The van der Waals surface area contributed by atoms with Crippen molar-refractivity contribution in [3.05, 3.63) is 39.9 Å². The highest BCUT2D eigenvalue weighted by Crippen LogP contribution is 2.39. The lowest BCUT2D eigenvalue weighted by atomic mass is 10.2. The summed E-state index contributed by atoms with van der Waals surface area (Å²) in [4.78, 5) is 11.8. The van der Waals surface area contributed by atoms with Crippen LogP contribution in [0.3, 0.4) is 0 Å². The third-order valence-corrected chi connectivity index (χ3v) is 3.26. The molecule has 0 unspecified atom stereocenters. The van der Waals surface area contributed by atoms with E-state index >= 15 is 0 Å². The molecular formula is C12H9BrFN3O2. The van der Waals surface area contributed by atoms with E-state index in [4.69, 9.17) is 4.42 Å². The molecule has 5 nitrogen and oxygen atoms in total. The third kappa shape index (κ3) is 2.65. The van der Waals surface area contributed by atoms with Crippen LogP contribution in [0.15, 0.2) is 27.1 Å². The Kier molecular flexibility index (Phi) is 3.06. The normalized spacial score (nSPS) is 14.4. The number of amides is 1. The van der Waals surface area contributed by atoms with E-state index in [1.807, 2.05) is 0 Å². The first-order valence-corrected chi connectivity index (χ1v) is 6.52. The topological polar surface area (TPSA) is 68.0 Å². The molecule has 3 rings (SSSR count). The Labute approximate surface area is 116 Å². The molecule has 98 valence electrons. The Morgan fingerprint density at radius 2 is 2.21 bits per heavy atom. The quantitative estimate of drug-likeness (QED) is 0.941. The van der Waals surface area contributed by atoms with Gasteiger partial charge in [-0.15, -0.1) is 5.10 Å². The molecule has 0 radical (unpaired) electrons. The molecule has 0 bridgehead atoms. The van der Waals surface area contributed by atoms with Gasteiger partial charge in [-0.1, -0.05) is 21.0 Å². The van der Waals surface area contributed by atoms with Crippen molar-refractivity contribution >= 4 is 27.9 Å². The largest absolute Gasteiger partial charge is 0.408 e. The van der Waals surface area contributed by atoms with E-state index in [0.29, 0.717) is 16.3 Å². The zero-order chi connectivity index (χ0) is 13.4. The van der Waals surface area contributed by atoms with Gasteiger partial charge >= 0.3 is 6.01 Å². The molecule has 1 amide bonds. The van der Waals surface area contributed by atoms with Crippen LogP contribution in [0.1, 0.15) is 35.0 Å². The van der Waals surface area contributed by atoms with Gasteiger partial charge in [0.2, 0.25) is 5.89 Å². The van der Waals surface area contributed by atoms with Crippen LogP contribution in [0.2, 0.25) is 0 Å². The number of nitrogens with one attached hydrogen (secondary N) is 1. The van der Waals surface area contributed by atoms with Gasteiger partial charge in [0.25, 0.3) is 5.91 Å². The standard InChI is InChI=1S/C12H9BrFN3O2/c13-7-3-4-8(9(14)5-7)10(18)15-12-17-16-11(19-12)6-1-2-6/h3-6H,1-2H2,(H,15,17,18). The Bertz CT molecular complexity index is 640. The lowest BCUT2D eigenvalue weighted by Crippen LogP contribution is -2.13. The van der Waals surface area contributed by atoms with E-state index in [2.05, 4.69) is 31.4 Å². The van der Waals surface area contributed by atoms with Crippen molar-refractivity contribution in [1.29, 1.82) is 0 Å². The van der Waals surface area contributed by atoms with Crippen LogP contribution in [0, 0.1) is 5.82 Å². The summed E-state index contributed by atoms with van der Waals surface area (Å²) in [6.07, 6.45) is 2.05. The fourth-order valence-electron chi connectivity index (χ4n) is 1.62. The minimum Gasteiger partial charge on any atom is -0.408 e. The maximum Gasteiger partial charge on any atom is 0.322 e. The number of carbonyl (C=O) groups excluding carboxylic acids is 1. The lowest BCUT2D eigenvalue weighted by molar-refractivity contribution is 0.102. The molecule has 1 N–H and O–H groups in total. The SMILES string of the molecule is O=C(Nc1nnc(C2CC2)o1)c1ccc(Br)cc1F. The first-order valence-electron chi connectivity index (χ1n) is 5.73. The molecule has 1 aromatic carbocycles. The van der Waals surface area contributed by atoms with Gasteiger partial charge in [-0.25, -0.2) is 4.39 Å². The first-order chi connectivity index (χ1) is 9.13. The van der Waals surface area contributed by atoms with E-state index in [9.17, 15) is 9.18 Å². The molecular weight excluding hydrogens is 317 g/mol. The minimum atomic E-state index is -0.617. The monoisotopic (exact) mass is 325 g/mol. The first kappa shape index (κ1) is 12.3. The summed E-state index contributed by atoms with van der Waals surface area (Å²) in [5.41, 5.74) is -0.0747. The van der Waals surface area contributed by atoms with Gasteiger partial charge in [0.15, 0.2) is 0 Å². The van der Waals surface area contributed by atoms with Gasteiger partial charge in [-0.3, -0.25) is 10.1 Å². The predicted octanol–water partition coefficient (Wildman–Crippen LogP) is 3.10. The number of benzene rings is 1. The summed E-state index contributed by atoms with van der Waals surface area (Å²) < 4.78 is 19.4. The minimum absolute atomic E-state index is 0.00535. The number of hydrogen-bond acceptors (Lipinski definition) is 4.